The molecule has 41 heavy (non-hydrogen) atoms. The predicted molar refractivity (Wildman–Crippen MR) is 152 cm³/mol. The number of nitrogens with one attached hydrogen (secondary N) is 1. The minimum absolute atomic E-state index is 0.111. The van der Waals surface area contributed by atoms with Crippen molar-refractivity contribution in [2.45, 2.75) is 19.6 Å². The molecule has 0 saturated carbocycles. The minimum atomic E-state index is -4.02. The third-order valence-electron chi connectivity index (χ3n) is 5.73. The Morgan fingerprint density at radius 2 is 1.63 bits per heavy atom. The number of benzene rings is 1. The number of hydrogen-bond donors (Lipinski definition) is 1. The molecule has 5 aromatic rings. The zero-order valence-electron chi connectivity index (χ0n) is 22.5. The maximum atomic E-state index is 13.0. The molecule has 0 unspecified atom stereocenters. The Morgan fingerprint density at radius 1 is 0.951 bits per heavy atom. The number of rotatable bonds is 10. The number of aryl methyl sites for hydroxylation is 1. The van der Waals surface area contributed by atoms with Crippen molar-refractivity contribution in [2.75, 3.05) is 25.5 Å². The Bertz CT molecular complexity index is 1810. The normalized spacial score (nSPS) is 11.4. The van der Waals surface area contributed by atoms with Crippen molar-refractivity contribution >= 4 is 38.7 Å². The highest BCUT2D eigenvalue weighted by atomic mass is 35.5. The van der Waals surface area contributed by atoms with Crippen molar-refractivity contribution in [3.8, 4) is 34.6 Å². The van der Waals surface area contributed by atoms with Crippen LogP contribution < -0.4 is 18.9 Å². The van der Waals surface area contributed by atoms with E-state index in [2.05, 4.69) is 34.6 Å². The zero-order chi connectivity index (χ0) is 29.1. The van der Waals surface area contributed by atoms with Crippen LogP contribution in [0.2, 0.25) is 5.15 Å². The van der Waals surface area contributed by atoms with Crippen LogP contribution in [0.25, 0.3) is 28.5 Å². The van der Waals surface area contributed by atoms with Crippen molar-refractivity contribution in [2.24, 2.45) is 0 Å². The summed E-state index contributed by atoms with van der Waals surface area (Å²) in [7, 11) is -0.994. The summed E-state index contributed by atoms with van der Waals surface area (Å²) in [5, 5.41) is -0.204. The summed E-state index contributed by atoms with van der Waals surface area (Å²) in [6.45, 7) is 4.08. The molecule has 212 valence electrons. The molecule has 5 rings (SSSR count). The van der Waals surface area contributed by atoms with E-state index in [4.69, 9.17) is 25.8 Å². The van der Waals surface area contributed by atoms with Gasteiger partial charge in [0.2, 0.25) is 15.9 Å². The molecule has 0 aliphatic carbocycles. The van der Waals surface area contributed by atoms with Gasteiger partial charge in [-0.1, -0.05) is 23.7 Å². The summed E-state index contributed by atoms with van der Waals surface area (Å²) < 4.78 is 46.9. The average Bonchev–Trinajstić information content (AvgIpc) is 3.31. The van der Waals surface area contributed by atoms with Gasteiger partial charge in [-0.25, -0.2) is 38.3 Å². The average molecular weight is 597 g/mol. The van der Waals surface area contributed by atoms with Gasteiger partial charge < -0.3 is 14.2 Å². The van der Waals surface area contributed by atoms with Crippen molar-refractivity contribution in [1.82, 2.24) is 34.5 Å². The van der Waals surface area contributed by atoms with Crippen molar-refractivity contribution in [3.63, 3.8) is 0 Å². The number of para-hydroxylation sites is 1. The second kappa shape index (κ2) is 11.5. The molecule has 4 aromatic heterocycles. The number of pyridine rings is 1. The van der Waals surface area contributed by atoms with Crippen LogP contribution in [-0.4, -0.2) is 63.7 Å². The SMILES string of the molecule is CCOc1cccc(-c2nc3nc(Cl)c(NS(=O)(=O)Cc4ncc(C)cn4)nc3n2-c2c(OC)cccc2OC)n1. The summed E-state index contributed by atoms with van der Waals surface area (Å²) in [5.41, 5.74) is 1.97. The quantitative estimate of drug-likeness (QED) is 0.249. The number of imidazole rings is 1. The Morgan fingerprint density at radius 3 is 2.29 bits per heavy atom. The summed E-state index contributed by atoms with van der Waals surface area (Å²) in [4.78, 5) is 26.3. The standard InChI is InChI=1S/C26H25ClN8O5S/c1-5-40-20-11-6-8-16(30-20)25-33-24-26(35(25)21-17(38-3)9-7-10-18(21)39-4)32-23(22(27)31-24)34-41(36,37)14-19-28-12-15(2)13-29-19/h6-13H,5,14H2,1-4H3,(H,32,34). The molecule has 1 N–H and O–H groups in total. The first-order chi connectivity index (χ1) is 19.7. The maximum absolute atomic E-state index is 13.0. The molecule has 0 radical (unpaired) electrons. The molecule has 13 nitrogen and oxygen atoms in total. The van der Waals surface area contributed by atoms with Crippen LogP contribution >= 0.6 is 11.6 Å². The number of sulfonamides is 1. The van der Waals surface area contributed by atoms with E-state index in [0.29, 0.717) is 41.2 Å². The van der Waals surface area contributed by atoms with E-state index in [-0.39, 0.29) is 28.1 Å². The lowest BCUT2D eigenvalue weighted by molar-refractivity contribution is 0.327. The highest BCUT2D eigenvalue weighted by molar-refractivity contribution is 7.91. The van der Waals surface area contributed by atoms with Crippen LogP contribution in [0.15, 0.2) is 48.8 Å². The van der Waals surface area contributed by atoms with Crippen LogP contribution in [0.5, 0.6) is 17.4 Å². The molecule has 0 atom stereocenters. The van der Waals surface area contributed by atoms with Gasteiger partial charge in [0.15, 0.2) is 28.1 Å². The van der Waals surface area contributed by atoms with Crippen molar-refractivity contribution in [1.29, 1.82) is 0 Å². The van der Waals surface area contributed by atoms with Crippen LogP contribution in [0.1, 0.15) is 18.3 Å². The topological polar surface area (TPSA) is 156 Å². The van der Waals surface area contributed by atoms with E-state index in [9.17, 15) is 8.42 Å². The highest BCUT2D eigenvalue weighted by Gasteiger charge is 2.26. The van der Waals surface area contributed by atoms with E-state index in [1.165, 1.54) is 26.6 Å². The van der Waals surface area contributed by atoms with E-state index in [1.54, 1.807) is 47.9 Å². The van der Waals surface area contributed by atoms with Gasteiger partial charge >= 0.3 is 0 Å². The van der Waals surface area contributed by atoms with Gasteiger partial charge in [-0.2, -0.15) is 0 Å². The molecule has 0 bridgehead atoms. The fourth-order valence-corrected chi connectivity index (χ4v) is 5.21. The van der Waals surface area contributed by atoms with E-state index < -0.39 is 15.8 Å². The lowest BCUT2D eigenvalue weighted by Gasteiger charge is -2.16. The van der Waals surface area contributed by atoms with Crippen LogP contribution in [-0.2, 0) is 15.8 Å². The lowest BCUT2D eigenvalue weighted by Crippen LogP contribution is -2.18. The van der Waals surface area contributed by atoms with Gasteiger partial charge in [0.1, 0.15) is 34.5 Å². The number of nitrogens with zero attached hydrogens (tertiary/aromatic N) is 7. The Balaban J connectivity index is 1.70. The zero-order valence-corrected chi connectivity index (χ0v) is 24.1. The molecule has 0 aliphatic heterocycles. The summed E-state index contributed by atoms with van der Waals surface area (Å²) >= 11 is 6.40. The number of methoxy groups -OCH3 is 2. The van der Waals surface area contributed by atoms with E-state index in [0.717, 1.165) is 5.56 Å². The summed E-state index contributed by atoms with van der Waals surface area (Å²) in [6.07, 6.45) is 3.07. The molecule has 1 aromatic carbocycles. The van der Waals surface area contributed by atoms with Crippen molar-refractivity contribution in [3.05, 3.63) is 65.3 Å². The molecule has 15 heteroatoms. The molecule has 0 amide bonds. The third kappa shape index (κ3) is 5.83. The predicted octanol–water partition coefficient (Wildman–Crippen LogP) is 3.99. The third-order valence-corrected chi connectivity index (χ3v) is 7.13. The second-order valence-corrected chi connectivity index (χ2v) is 10.7. The van der Waals surface area contributed by atoms with Gasteiger partial charge in [0, 0.05) is 18.5 Å². The first-order valence-corrected chi connectivity index (χ1v) is 14.3. The number of fused-ring (bicyclic) bond motifs is 1. The minimum Gasteiger partial charge on any atom is -0.494 e. The first-order valence-electron chi connectivity index (χ1n) is 12.3. The van der Waals surface area contributed by atoms with Crippen LogP contribution in [0.3, 0.4) is 0 Å². The lowest BCUT2D eigenvalue weighted by atomic mass is 10.2. The maximum Gasteiger partial charge on any atom is 0.241 e. The molecule has 0 fully saturated rings. The number of hydrogen-bond acceptors (Lipinski definition) is 11. The van der Waals surface area contributed by atoms with Gasteiger partial charge in [-0.3, -0.25) is 9.29 Å². The second-order valence-electron chi connectivity index (χ2n) is 8.62. The Hall–Kier alpha value is -4.56. The first kappa shape index (κ1) is 28.0. The number of halogens is 1. The fourth-order valence-electron chi connectivity index (χ4n) is 3.99. The fraction of sp³-hybridized carbons (Fsp3) is 0.231. The monoisotopic (exact) mass is 596 g/mol. The molecular weight excluding hydrogens is 572 g/mol. The summed E-state index contributed by atoms with van der Waals surface area (Å²) in [5.74, 6) is 0.975. The molecular formula is C26H25ClN8O5S. The number of ether oxygens (including phenoxy) is 3. The van der Waals surface area contributed by atoms with Gasteiger partial charge in [-0.15, -0.1) is 0 Å². The van der Waals surface area contributed by atoms with E-state index in [1.807, 2.05) is 6.92 Å². The van der Waals surface area contributed by atoms with E-state index >= 15 is 0 Å². The molecule has 0 saturated heterocycles. The van der Waals surface area contributed by atoms with Gasteiger partial charge in [0.25, 0.3) is 0 Å². The van der Waals surface area contributed by atoms with Gasteiger partial charge in [-0.05, 0) is 37.6 Å². The number of aromatic nitrogens is 7. The summed E-state index contributed by atoms with van der Waals surface area (Å²) in [6, 6.07) is 10.5. The molecule has 0 aliphatic rings. The van der Waals surface area contributed by atoms with Gasteiger partial charge in [0.05, 0.1) is 20.8 Å². The number of anilines is 1. The largest absolute Gasteiger partial charge is 0.494 e. The molecule has 0 spiro atoms. The van der Waals surface area contributed by atoms with Crippen molar-refractivity contribution < 1.29 is 22.6 Å². The van der Waals surface area contributed by atoms with Crippen LogP contribution in [0, 0.1) is 6.92 Å². The van der Waals surface area contributed by atoms with Crippen LogP contribution in [0.4, 0.5) is 5.82 Å². The smallest absolute Gasteiger partial charge is 0.241 e. The highest BCUT2D eigenvalue weighted by Crippen LogP contribution is 2.38. The Kier molecular flexibility index (Phi) is 7.85. The Labute approximate surface area is 240 Å². The molecule has 4 heterocycles.